The van der Waals surface area contributed by atoms with Gasteiger partial charge in [-0.15, -0.1) is 6.42 Å². The second-order valence-electron chi connectivity index (χ2n) is 14.7. The summed E-state index contributed by atoms with van der Waals surface area (Å²) in [6.07, 6.45) is 12.3. The molecule has 0 saturated carbocycles. The number of aliphatic imine (C=N–C) groups is 2. The molecule has 0 bridgehead atoms. The molecule has 0 spiro atoms. The minimum Gasteiger partial charge on any atom is -0.508 e. The summed E-state index contributed by atoms with van der Waals surface area (Å²) < 4.78 is 17.3. The number of terminal acetylenes is 1. The number of phenolic OH excluding ortho intramolecular Hbond substituents is 1. The highest BCUT2D eigenvalue weighted by atomic mass is 16.5. The Morgan fingerprint density at radius 3 is 2.55 bits per heavy atom. The molecule has 22 nitrogen and oxygen atoms in total. The summed E-state index contributed by atoms with van der Waals surface area (Å²) in [4.78, 5) is 70.1. The molecule has 5 aromatic rings. The normalized spacial score (nSPS) is 13.2. The van der Waals surface area contributed by atoms with Crippen LogP contribution in [0.1, 0.15) is 31.7 Å². The largest absolute Gasteiger partial charge is 0.508 e. The molecule has 1 saturated heterocycles. The van der Waals surface area contributed by atoms with Gasteiger partial charge in [-0.05, 0) is 50.7 Å². The summed E-state index contributed by atoms with van der Waals surface area (Å²) in [5.74, 6) is 3.26. The number of fused-ring (bicyclic) bond motifs is 2. The lowest BCUT2D eigenvalue weighted by Gasteiger charge is -2.35. The van der Waals surface area contributed by atoms with Gasteiger partial charge in [0.2, 0.25) is 23.7 Å². The lowest BCUT2D eigenvalue weighted by Crippen LogP contribution is -2.48. The van der Waals surface area contributed by atoms with Gasteiger partial charge in [0.15, 0.2) is 12.3 Å². The molecule has 0 aliphatic carbocycles. The van der Waals surface area contributed by atoms with Gasteiger partial charge in [-0.1, -0.05) is 5.92 Å². The average Bonchev–Trinajstić information content (AvgIpc) is 3.91. The van der Waals surface area contributed by atoms with Crippen LogP contribution in [0.15, 0.2) is 64.7 Å². The van der Waals surface area contributed by atoms with Crippen molar-refractivity contribution in [2.45, 2.75) is 39.3 Å². The summed E-state index contributed by atoms with van der Waals surface area (Å²) in [5.41, 5.74) is 10.3. The first kappa shape index (κ1) is 46.9. The molecule has 0 atom stereocenters. The van der Waals surface area contributed by atoms with Crippen molar-refractivity contribution in [2.75, 3.05) is 82.9 Å². The van der Waals surface area contributed by atoms with Gasteiger partial charge < -0.3 is 55.8 Å². The number of hydrogen-bond acceptors (Lipinski definition) is 15. The molecule has 1 aromatic carbocycles. The first-order valence-corrected chi connectivity index (χ1v) is 21.0. The van der Waals surface area contributed by atoms with Crippen LogP contribution in [0.4, 0.5) is 16.6 Å². The standard InChI is InChI=1S/C43H53N15O7/c1-4-17-65-43(62)47-11-19-64-21-20-63-18-9-35(60)48-25-30-26-50-42(51-27-30)57-15-13-56(14-16-57)41(45-3)49-24-29(2)40(61)46-10-5-6-12-58-39-36(38(44)52-28-53-39)37(55-58)34-23-31-22-32(59)7-8-33(31)54-34/h1,7-8,22-24,26-28,54,59H,3,5-6,9-21,25H2,2H3,(H,46,61)(H,47,62)(H,48,60)(H2,44,52,53)/b29-24+,49-41?. The van der Waals surface area contributed by atoms with E-state index in [1.165, 1.54) is 12.5 Å². The number of carbonyl (C=O) groups is 3. The molecule has 7 N–H and O–H groups in total. The molecule has 0 unspecified atom stereocenters. The maximum Gasteiger partial charge on any atom is 0.408 e. The van der Waals surface area contributed by atoms with E-state index in [1.807, 2.05) is 15.9 Å². The van der Waals surface area contributed by atoms with Crippen molar-refractivity contribution in [1.29, 1.82) is 0 Å². The Labute approximate surface area is 374 Å². The van der Waals surface area contributed by atoms with E-state index < -0.39 is 6.09 Å². The van der Waals surface area contributed by atoms with Gasteiger partial charge in [-0.2, -0.15) is 5.10 Å². The highest BCUT2D eigenvalue weighted by Crippen LogP contribution is 2.32. The van der Waals surface area contributed by atoms with Crippen LogP contribution in [0.25, 0.3) is 33.3 Å². The van der Waals surface area contributed by atoms with E-state index in [-0.39, 0.29) is 56.9 Å². The molecule has 1 aliphatic rings. The maximum absolute atomic E-state index is 12.9. The number of aromatic amines is 1. The number of nitrogens with zero attached hydrogens (tertiary/aromatic N) is 10. The molecule has 5 heterocycles. The van der Waals surface area contributed by atoms with Gasteiger partial charge in [0, 0.05) is 99.4 Å². The summed E-state index contributed by atoms with van der Waals surface area (Å²) >= 11 is 0. The van der Waals surface area contributed by atoms with E-state index in [9.17, 15) is 19.5 Å². The number of nitrogens with two attached hydrogens (primary N) is 1. The fraction of sp³-hybridized carbons (Fsp3) is 0.395. The number of carbonyl (C=O) groups excluding carboxylic acids is 3. The Kier molecular flexibility index (Phi) is 17.1. The fourth-order valence-electron chi connectivity index (χ4n) is 6.65. The molecule has 65 heavy (non-hydrogen) atoms. The topological polar surface area (TPSA) is 278 Å². The second kappa shape index (κ2) is 23.7. The molecule has 1 fully saturated rings. The minimum atomic E-state index is -0.603. The average molecular weight is 892 g/mol. The summed E-state index contributed by atoms with van der Waals surface area (Å²) in [6, 6.07) is 7.00. The van der Waals surface area contributed by atoms with Crippen LogP contribution in [0.3, 0.4) is 0 Å². The number of unbranched alkanes of at least 4 members (excludes halogenated alkanes) is 1. The van der Waals surface area contributed by atoms with Gasteiger partial charge in [-0.25, -0.2) is 39.4 Å². The number of amides is 3. The summed E-state index contributed by atoms with van der Waals surface area (Å²) in [7, 11) is 0. The Morgan fingerprint density at radius 2 is 1.78 bits per heavy atom. The van der Waals surface area contributed by atoms with Crippen molar-refractivity contribution in [3.8, 4) is 29.5 Å². The second-order valence-corrected chi connectivity index (χ2v) is 14.7. The number of anilines is 2. The van der Waals surface area contributed by atoms with Crippen LogP contribution in [0.2, 0.25) is 0 Å². The lowest BCUT2D eigenvalue weighted by atomic mass is 10.2. The monoisotopic (exact) mass is 891 g/mol. The molecule has 6 rings (SSSR count). The van der Waals surface area contributed by atoms with Gasteiger partial charge in [0.05, 0.1) is 37.5 Å². The van der Waals surface area contributed by atoms with Crippen LogP contribution in [-0.4, -0.2) is 148 Å². The summed E-state index contributed by atoms with van der Waals surface area (Å²) in [6.45, 7) is 10.4. The molecular weight excluding hydrogens is 839 g/mol. The number of aromatic nitrogens is 7. The van der Waals surface area contributed by atoms with Gasteiger partial charge in [0.1, 0.15) is 23.6 Å². The number of aromatic hydroxyl groups is 1. The third-order valence-corrected chi connectivity index (χ3v) is 10.0. The highest BCUT2D eigenvalue weighted by Gasteiger charge is 2.22. The third kappa shape index (κ3) is 13.4. The number of hydrogen-bond donors (Lipinski definition) is 6. The predicted octanol–water partition coefficient (Wildman–Crippen LogP) is 2.13. The minimum absolute atomic E-state index is 0.0918. The first-order chi connectivity index (χ1) is 31.6. The molecule has 22 heteroatoms. The van der Waals surface area contributed by atoms with Crippen LogP contribution >= 0.6 is 0 Å². The zero-order valence-electron chi connectivity index (χ0n) is 36.2. The molecular formula is C43H53N15O7. The third-order valence-electron chi connectivity index (χ3n) is 10.0. The molecule has 1 aliphatic heterocycles. The van der Waals surface area contributed by atoms with E-state index >= 15 is 0 Å². The number of nitrogens with one attached hydrogen (secondary N) is 4. The SMILES string of the molecule is C#CCOC(=O)NCCOCCOCCC(=O)NCc1cnc(N2CCN(C(N=C)=N/C=C(\C)C(=O)NCCCCn3nc(-c4cc5cc(O)ccc5[nH]4)c4c(N)ncnc43)CC2)nc1. The van der Waals surface area contributed by atoms with Crippen LogP contribution < -0.4 is 26.6 Å². The first-order valence-electron chi connectivity index (χ1n) is 21.0. The van der Waals surface area contributed by atoms with E-state index in [1.54, 1.807) is 42.2 Å². The van der Waals surface area contributed by atoms with Gasteiger partial charge >= 0.3 is 6.09 Å². The van der Waals surface area contributed by atoms with E-state index in [0.29, 0.717) is 105 Å². The zero-order valence-corrected chi connectivity index (χ0v) is 36.2. The number of benzene rings is 1. The number of H-pyrrole nitrogens is 1. The van der Waals surface area contributed by atoms with Gasteiger partial charge in [-0.3, -0.25) is 9.59 Å². The molecule has 0 radical (unpaired) electrons. The Hall–Kier alpha value is -7.64. The molecule has 342 valence electrons. The number of phenols is 1. The van der Waals surface area contributed by atoms with Gasteiger partial charge in [0.25, 0.3) is 0 Å². The van der Waals surface area contributed by atoms with E-state index in [0.717, 1.165) is 22.2 Å². The smallest absolute Gasteiger partial charge is 0.408 e. The quantitative estimate of drug-likeness (QED) is 0.0202. The van der Waals surface area contributed by atoms with Crippen molar-refractivity contribution in [1.82, 2.24) is 55.6 Å². The van der Waals surface area contributed by atoms with Crippen molar-refractivity contribution in [3.05, 3.63) is 60.3 Å². The van der Waals surface area contributed by atoms with Crippen LogP contribution in [0, 0.1) is 12.3 Å². The zero-order chi connectivity index (χ0) is 46.0. The number of alkyl carbamates (subject to hydrolysis) is 1. The molecule has 4 aromatic heterocycles. The van der Waals surface area contributed by atoms with Crippen LogP contribution in [0.5, 0.6) is 5.75 Å². The number of nitrogen functional groups attached to an aromatic ring is 1. The fourth-order valence-corrected chi connectivity index (χ4v) is 6.65. The van der Waals surface area contributed by atoms with Crippen molar-refractivity contribution in [2.24, 2.45) is 9.98 Å². The number of piperazine rings is 1. The number of aryl methyl sites for hydroxylation is 1. The summed E-state index contributed by atoms with van der Waals surface area (Å²) in [5, 5.41) is 24.5. The van der Waals surface area contributed by atoms with E-state index in [2.05, 4.69) is 68.2 Å². The van der Waals surface area contributed by atoms with Crippen molar-refractivity contribution >= 4 is 64.3 Å². The van der Waals surface area contributed by atoms with Crippen molar-refractivity contribution < 1.29 is 33.7 Å². The number of rotatable bonds is 21. The Morgan fingerprint density at radius 1 is 1.00 bits per heavy atom. The van der Waals surface area contributed by atoms with Crippen molar-refractivity contribution in [3.63, 3.8) is 0 Å². The number of ether oxygens (including phenoxy) is 3. The predicted molar refractivity (Wildman–Crippen MR) is 244 cm³/mol. The number of guanidine groups is 1. The highest BCUT2D eigenvalue weighted by molar-refractivity contribution is 6.00. The van der Waals surface area contributed by atoms with E-state index in [4.69, 9.17) is 26.7 Å². The lowest BCUT2D eigenvalue weighted by molar-refractivity contribution is -0.122. The maximum atomic E-state index is 12.9. The Balaban J connectivity index is 0.863. The Bertz CT molecular complexity index is 2520. The van der Waals surface area contributed by atoms with Crippen LogP contribution in [-0.2, 0) is 36.9 Å². The molecule has 3 amide bonds.